The van der Waals surface area contributed by atoms with Crippen molar-refractivity contribution in [3.05, 3.63) is 18.2 Å². The Morgan fingerprint density at radius 1 is 1.54 bits per heavy atom. The summed E-state index contributed by atoms with van der Waals surface area (Å²) < 4.78 is 5.04. The van der Waals surface area contributed by atoms with E-state index in [4.69, 9.17) is 4.74 Å². The summed E-state index contributed by atoms with van der Waals surface area (Å²) >= 11 is 4.18. The van der Waals surface area contributed by atoms with Crippen molar-refractivity contribution in [2.24, 2.45) is 0 Å². The van der Waals surface area contributed by atoms with Gasteiger partial charge in [0.05, 0.1) is 7.11 Å². The van der Waals surface area contributed by atoms with Crippen LogP contribution < -0.4 is 10.1 Å². The normalized spacial score (nSPS) is 9.46. The Kier molecular flexibility index (Phi) is 3.19. The Bertz CT molecular complexity index is 325. The lowest BCUT2D eigenvalue weighted by molar-refractivity contribution is -0.114. The third kappa shape index (κ3) is 2.66. The number of hydrogen-bond acceptors (Lipinski definition) is 3. The smallest absolute Gasteiger partial charge is 0.221 e. The summed E-state index contributed by atoms with van der Waals surface area (Å²) in [5, 5.41) is 2.65. The van der Waals surface area contributed by atoms with Gasteiger partial charge in [-0.25, -0.2) is 0 Å². The molecule has 1 N–H and O–H groups in total. The molecule has 0 aromatic heterocycles. The molecule has 0 saturated heterocycles. The van der Waals surface area contributed by atoms with Crippen LogP contribution in [0.25, 0.3) is 0 Å². The summed E-state index contributed by atoms with van der Waals surface area (Å²) in [7, 11) is 1.56. The largest absolute Gasteiger partial charge is 0.496 e. The van der Waals surface area contributed by atoms with Crippen LogP contribution in [0.5, 0.6) is 5.75 Å². The van der Waals surface area contributed by atoms with Crippen molar-refractivity contribution in [2.75, 3.05) is 12.4 Å². The van der Waals surface area contributed by atoms with Gasteiger partial charge in [0.25, 0.3) is 0 Å². The van der Waals surface area contributed by atoms with Crippen LogP contribution in [0, 0.1) is 0 Å². The average Bonchev–Trinajstić information content (AvgIpc) is 2.07. The standard InChI is InChI=1S/C9H11NO2S/c1-6(11)10-7-3-4-9(13)8(5-7)12-2/h3-5,13H,1-2H3,(H,10,11). The van der Waals surface area contributed by atoms with Crippen molar-refractivity contribution in [3.63, 3.8) is 0 Å². The van der Waals surface area contributed by atoms with Crippen molar-refractivity contribution < 1.29 is 9.53 Å². The first-order valence-corrected chi connectivity index (χ1v) is 4.23. The Labute approximate surface area is 82.5 Å². The number of ether oxygens (including phenoxy) is 1. The monoisotopic (exact) mass is 197 g/mol. The van der Waals surface area contributed by atoms with E-state index >= 15 is 0 Å². The minimum atomic E-state index is -0.103. The maximum absolute atomic E-state index is 10.7. The van der Waals surface area contributed by atoms with Gasteiger partial charge < -0.3 is 10.1 Å². The van der Waals surface area contributed by atoms with E-state index in [-0.39, 0.29) is 5.91 Å². The molecule has 3 nitrogen and oxygen atoms in total. The molecule has 4 heteroatoms. The van der Waals surface area contributed by atoms with Gasteiger partial charge >= 0.3 is 0 Å². The van der Waals surface area contributed by atoms with Crippen LogP contribution in [0.1, 0.15) is 6.92 Å². The lowest BCUT2D eigenvalue weighted by atomic mass is 10.3. The van der Waals surface area contributed by atoms with E-state index in [1.54, 1.807) is 25.3 Å². The second-order valence-electron chi connectivity index (χ2n) is 2.57. The number of methoxy groups -OCH3 is 1. The molecule has 70 valence electrons. The third-order valence-electron chi connectivity index (χ3n) is 1.50. The lowest BCUT2D eigenvalue weighted by Gasteiger charge is -2.06. The maximum atomic E-state index is 10.7. The van der Waals surface area contributed by atoms with Gasteiger partial charge in [-0.2, -0.15) is 0 Å². The molecule has 0 bridgehead atoms. The molecular formula is C9H11NO2S. The fraction of sp³-hybridized carbons (Fsp3) is 0.222. The molecule has 0 aliphatic carbocycles. The predicted octanol–water partition coefficient (Wildman–Crippen LogP) is 1.94. The minimum absolute atomic E-state index is 0.103. The predicted molar refractivity (Wildman–Crippen MR) is 54.5 cm³/mol. The summed E-state index contributed by atoms with van der Waals surface area (Å²) in [5.74, 6) is 0.545. The number of rotatable bonds is 2. The fourth-order valence-electron chi connectivity index (χ4n) is 0.959. The first kappa shape index (κ1) is 9.92. The number of amides is 1. The third-order valence-corrected chi connectivity index (χ3v) is 1.87. The first-order valence-electron chi connectivity index (χ1n) is 3.78. The topological polar surface area (TPSA) is 38.3 Å². The van der Waals surface area contributed by atoms with Crippen molar-refractivity contribution in [1.29, 1.82) is 0 Å². The van der Waals surface area contributed by atoms with Crippen LogP contribution in [-0.4, -0.2) is 13.0 Å². The highest BCUT2D eigenvalue weighted by molar-refractivity contribution is 7.80. The van der Waals surface area contributed by atoms with Crippen molar-refractivity contribution in [3.8, 4) is 5.75 Å². The summed E-state index contributed by atoms with van der Waals surface area (Å²) in [6.07, 6.45) is 0. The molecule has 0 atom stereocenters. The van der Waals surface area contributed by atoms with Gasteiger partial charge in [-0.05, 0) is 12.1 Å². The van der Waals surface area contributed by atoms with Crippen molar-refractivity contribution in [1.82, 2.24) is 0 Å². The fourth-order valence-corrected chi connectivity index (χ4v) is 1.19. The van der Waals surface area contributed by atoms with E-state index in [0.29, 0.717) is 11.4 Å². The molecule has 0 fully saturated rings. The highest BCUT2D eigenvalue weighted by Gasteiger charge is 2.01. The zero-order valence-electron chi connectivity index (χ0n) is 7.50. The van der Waals surface area contributed by atoms with Gasteiger partial charge in [0.15, 0.2) is 0 Å². The van der Waals surface area contributed by atoms with Crippen LogP contribution in [0.4, 0.5) is 5.69 Å². The molecule has 0 aliphatic heterocycles. The number of benzene rings is 1. The molecule has 0 spiro atoms. The molecule has 0 radical (unpaired) electrons. The Morgan fingerprint density at radius 2 is 2.23 bits per heavy atom. The van der Waals surface area contributed by atoms with E-state index in [9.17, 15) is 4.79 Å². The van der Waals surface area contributed by atoms with Gasteiger partial charge in [0.2, 0.25) is 5.91 Å². The molecule has 1 aromatic rings. The Balaban J connectivity index is 2.92. The van der Waals surface area contributed by atoms with Crippen molar-refractivity contribution in [2.45, 2.75) is 11.8 Å². The molecule has 0 unspecified atom stereocenters. The minimum Gasteiger partial charge on any atom is -0.496 e. The molecule has 0 aliphatic rings. The number of nitrogens with one attached hydrogen (secondary N) is 1. The van der Waals surface area contributed by atoms with E-state index in [0.717, 1.165) is 4.90 Å². The van der Waals surface area contributed by atoms with Crippen LogP contribution in [0.15, 0.2) is 23.1 Å². The zero-order valence-corrected chi connectivity index (χ0v) is 8.39. The molecule has 1 aromatic carbocycles. The quantitative estimate of drug-likeness (QED) is 0.711. The van der Waals surface area contributed by atoms with Gasteiger partial charge in [-0.1, -0.05) is 0 Å². The van der Waals surface area contributed by atoms with Gasteiger partial charge in [0.1, 0.15) is 5.75 Å². The second kappa shape index (κ2) is 4.18. The molecular weight excluding hydrogens is 186 g/mol. The molecule has 0 heterocycles. The van der Waals surface area contributed by atoms with E-state index < -0.39 is 0 Å². The number of anilines is 1. The summed E-state index contributed by atoms with van der Waals surface area (Å²) in [6, 6.07) is 5.27. The Morgan fingerprint density at radius 3 is 2.77 bits per heavy atom. The lowest BCUT2D eigenvalue weighted by Crippen LogP contribution is -2.05. The average molecular weight is 197 g/mol. The zero-order chi connectivity index (χ0) is 9.84. The first-order chi connectivity index (χ1) is 6.13. The summed E-state index contributed by atoms with van der Waals surface area (Å²) in [4.78, 5) is 11.5. The number of hydrogen-bond donors (Lipinski definition) is 2. The summed E-state index contributed by atoms with van der Waals surface area (Å²) in [6.45, 7) is 1.46. The van der Waals surface area contributed by atoms with Crippen LogP contribution >= 0.6 is 12.6 Å². The van der Waals surface area contributed by atoms with E-state index in [2.05, 4.69) is 17.9 Å². The highest BCUT2D eigenvalue weighted by atomic mass is 32.1. The molecule has 13 heavy (non-hydrogen) atoms. The van der Waals surface area contributed by atoms with Crippen LogP contribution in [-0.2, 0) is 4.79 Å². The van der Waals surface area contributed by atoms with Crippen molar-refractivity contribution >= 4 is 24.2 Å². The van der Waals surface area contributed by atoms with E-state index in [1.807, 2.05) is 0 Å². The maximum Gasteiger partial charge on any atom is 0.221 e. The number of thiol groups is 1. The highest BCUT2D eigenvalue weighted by Crippen LogP contribution is 2.25. The molecule has 0 saturated carbocycles. The Hall–Kier alpha value is -1.16. The van der Waals surface area contributed by atoms with E-state index in [1.165, 1.54) is 6.92 Å². The number of carbonyl (C=O) groups is 1. The SMILES string of the molecule is COc1cc(NC(C)=O)ccc1S. The van der Waals surface area contributed by atoms with Gasteiger partial charge in [-0.3, -0.25) is 4.79 Å². The van der Waals surface area contributed by atoms with Crippen LogP contribution in [0.3, 0.4) is 0 Å². The molecule has 1 amide bonds. The van der Waals surface area contributed by atoms with Gasteiger partial charge in [0, 0.05) is 23.6 Å². The second-order valence-corrected chi connectivity index (χ2v) is 3.05. The summed E-state index contributed by atoms with van der Waals surface area (Å²) in [5.41, 5.74) is 0.710. The number of carbonyl (C=O) groups excluding carboxylic acids is 1. The van der Waals surface area contributed by atoms with Crippen LogP contribution in [0.2, 0.25) is 0 Å². The van der Waals surface area contributed by atoms with Gasteiger partial charge in [-0.15, -0.1) is 12.6 Å². The molecule has 1 rings (SSSR count).